The van der Waals surface area contributed by atoms with Gasteiger partial charge in [0.05, 0.1) is 30.0 Å². The van der Waals surface area contributed by atoms with Gasteiger partial charge in [0.25, 0.3) is 0 Å². The van der Waals surface area contributed by atoms with Crippen LogP contribution in [0.1, 0.15) is 17.1 Å². The third-order valence-corrected chi connectivity index (χ3v) is 5.44. The maximum atomic E-state index is 9.66. The second-order valence-corrected chi connectivity index (χ2v) is 7.76. The predicted molar refractivity (Wildman–Crippen MR) is 116 cm³/mol. The lowest BCUT2D eigenvalue weighted by molar-refractivity contribution is 0.282. The van der Waals surface area contributed by atoms with Crippen molar-refractivity contribution in [3.63, 3.8) is 0 Å². The van der Waals surface area contributed by atoms with Gasteiger partial charge in [-0.25, -0.2) is 9.97 Å². The highest BCUT2D eigenvalue weighted by molar-refractivity contribution is 5.91. The molecule has 0 atom stereocenters. The standard InChI is InChI=1S/C22H28N6O/c1-16-24-19(13-21(25-16)28-9-7-26(2)8-10-28)14-27(3)20-12-17(15-29)11-18-5-4-6-23-22(18)20/h4-6,11-13,29H,7-10,14-15H2,1-3H3. The summed E-state index contributed by atoms with van der Waals surface area (Å²) in [4.78, 5) is 20.7. The van der Waals surface area contributed by atoms with Gasteiger partial charge in [0, 0.05) is 50.9 Å². The number of rotatable bonds is 5. The minimum atomic E-state index is 0.00580. The highest BCUT2D eigenvalue weighted by Crippen LogP contribution is 2.28. The average molecular weight is 393 g/mol. The summed E-state index contributed by atoms with van der Waals surface area (Å²) in [5, 5.41) is 10.7. The molecule has 0 aliphatic carbocycles. The van der Waals surface area contributed by atoms with E-state index in [2.05, 4.69) is 42.8 Å². The summed E-state index contributed by atoms with van der Waals surface area (Å²) in [5.74, 6) is 1.79. The van der Waals surface area contributed by atoms with E-state index in [1.807, 2.05) is 38.2 Å². The van der Waals surface area contributed by atoms with E-state index in [1.54, 1.807) is 6.20 Å². The van der Waals surface area contributed by atoms with Crippen LogP contribution in [-0.4, -0.2) is 65.2 Å². The van der Waals surface area contributed by atoms with Crippen LogP contribution in [0.4, 0.5) is 11.5 Å². The highest BCUT2D eigenvalue weighted by atomic mass is 16.3. The summed E-state index contributed by atoms with van der Waals surface area (Å²) in [7, 11) is 4.19. The number of fused-ring (bicyclic) bond motifs is 1. The summed E-state index contributed by atoms with van der Waals surface area (Å²) in [6.07, 6.45) is 1.80. The van der Waals surface area contributed by atoms with Crippen molar-refractivity contribution in [1.82, 2.24) is 19.9 Å². The Morgan fingerprint density at radius 2 is 1.90 bits per heavy atom. The van der Waals surface area contributed by atoms with E-state index in [0.717, 1.165) is 65.7 Å². The van der Waals surface area contributed by atoms with E-state index in [1.165, 1.54) is 0 Å². The van der Waals surface area contributed by atoms with Crippen LogP contribution in [0.5, 0.6) is 0 Å². The van der Waals surface area contributed by atoms with Gasteiger partial charge in [-0.1, -0.05) is 6.07 Å². The molecule has 0 amide bonds. The van der Waals surface area contributed by atoms with E-state index >= 15 is 0 Å². The first kappa shape index (κ1) is 19.5. The van der Waals surface area contributed by atoms with Crippen molar-refractivity contribution in [1.29, 1.82) is 0 Å². The molecule has 0 unspecified atom stereocenters. The lowest BCUT2D eigenvalue weighted by atomic mass is 10.1. The molecule has 1 N–H and O–H groups in total. The van der Waals surface area contributed by atoms with Gasteiger partial charge in [-0.3, -0.25) is 4.98 Å². The Balaban J connectivity index is 1.62. The number of aromatic nitrogens is 3. The van der Waals surface area contributed by atoms with Gasteiger partial charge in [-0.05, 0) is 37.7 Å². The van der Waals surface area contributed by atoms with Crippen molar-refractivity contribution in [3.05, 3.63) is 53.6 Å². The summed E-state index contributed by atoms with van der Waals surface area (Å²) < 4.78 is 0. The van der Waals surface area contributed by atoms with Crippen molar-refractivity contribution < 1.29 is 5.11 Å². The molecule has 1 aromatic carbocycles. The molecule has 4 rings (SSSR count). The first-order chi connectivity index (χ1) is 14.0. The monoisotopic (exact) mass is 392 g/mol. The van der Waals surface area contributed by atoms with Crippen LogP contribution < -0.4 is 9.80 Å². The Hall–Kier alpha value is -2.77. The SMILES string of the molecule is Cc1nc(CN(C)c2cc(CO)cc3cccnc23)cc(N2CCN(C)CC2)n1. The molecular weight excluding hydrogens is 364 g/mol. The second kappa shape index (κ2) is 8.31. The normalized spacial score (nSPS) is 15.1. The first-order valence-electron chi connectivity index (χ1n) is 10.0. The number of aliphatic hydroxyl groups excluding tert-OH is 1. The van der Waals surface area contributed by atoms with E-state index in [4.69, 9.17) is 0 Å². The Morgan fingerprint density at radius 3 is 2.66 bits per heavy atom. The Morgan fingerprint density at radius 1 is 1.10 bits per heavy atom. The molecule has 1 fully saturated rings. The number of likely N-dealkylation sites (N-methyl/N-ethyl adjacent to an activating group) is 1. The fourth-order valence-corrected chi connectivity index (χ4v) is 3.83. The van der Waals surface area contributed by atoms with Crippen molar-refractivity contribution in [3.8, 4) is 0 Å². The van der Waals surface area contributed by atoms with Crippen LogP contribution in [0.2, 0.25) is 0 Å². The third kappa shape index (κ3) is 4.31. The molecule has 1 saturated heterocycles. The molecule has 2 aromatic heterocycles. The van der Waals surface area contributed by atoms with Crippen molar-refractivity contribution in [2.75, 3.05) is 50.1 Å². The molecule has 3 aromatic rings. The zero-order valence-electron chi connectivity index (χ0n) is 17.3. The molecule has 152 valence electrons. The first-order valence-corrected chi connectivity index (χ1v) is 10.0. The minimum absolute atomic E-state index is 0.00580. The molecule has 0 saturated carbocycles. The molecule has 3 heterocycles. The van der Waals surface area contributed by atoms with Gasteiger partial charge in [-0.2, -0.15) is 0 Å². The topological polar surface area (TPSA) is 68.6 Å². The number of anilines is 2. The maximum absolute atomic E-state index is 9.66. The Bertz CT molecular complexity index is 1000. The third-order valence-electron chi connectivity index (χ3n) is 5.44. The molecule has 7 heteroatoms. The zero-order chi connectivity index (χ0) is 20.4. The lowest BCUT2D eigenvalue weighted by Crippen LogP contribution is -2.45. The molecule has 7 nitrogen and oxygen atoms in total. The smallest absolute Gasteiger partial charge is 0.132 e. The van der Waals surface area contributed by atoms with E-state index in [0.29, 0.717) is 6.54 Å². The van der Waals surface area contributed by atoms with Crippen molar-refractivity contribution in [2.45, 2.75) is 20.1 Å². The minimum Gasteiger partial charge on any atom is -0.392 e. The van der Waals surface area contributed by atoms with Crippen molar-refractivity contribution in [2.24, 2.45) is 0 Å². The number of pyridine rings is 1. The van der Waals surface area contributed by atoms with Gasteiger partial charge < -0.3 is 19.8 Å². The van der Waals surface area contributed by atoms with Gasteiger partial charge in [0.2, 0.25) is 0 Å². The number of hydrogen-bond donors (Lipinski definition) is 1. The fourth-order valence-electron chi connectivity index (χ4n) is 3.83. The molecule has 1 aliphatic rings. The van der Waals surface area contributed by atoms with E-state index < -0.39 is 0 Å². The quantitative estimate of drug-likeness (QED) is 0.714. The van der Waals surface area contributed by atoms with Gasteiger partial charge in [0.15, 0.2) is 0 Å². The summed E-state index contributed by atoms with van der Waals surface area (Å²) >= 11 is 0. The number of aryl methyl sites for hydroxylation is 1. The Kier molecular flexibility index (Phi) is 5.60. The number of aliphatic hydroxyl groups is 1. The molecule has 0 bridgehead atoms. The van der Waals surface area contributed by atoms with Crippen molar-refractivity contribution >= 4 is 22.4 Å². The van der Waals surface area contributed by atoms with Crippen LogP contribution in [-0.2, 0) is 13.2 Å². The average Bonchev–Trinajstić information content (AvgIpc) is 2.73. The Labute approximate surface area is 171 Å². The number of nitrogens with zero attached hydrogens (tertiary/aromatic N) is 6. The summed E-state index contributed by atoms with van der Waals surface area (Å²) in [6.45, 7) is 6.65. The largest absolute Gasteiger partial charge is 0.392 e. The lowest BCUT2D eigenvalue weighted by Gasteiger charge is -2.33. The number of piperazine rings is 1. The van der Waals surface area contributed by atoms with Crippen LogP contribution in [0, 0.1) is 6.92 Å². The van der Waals surface area contributed by atoms with Crippen LogP contribution in [0.3, 0.4) is 0 Å². The molecular formula is C22H28N6O. The zero-order valence-corrected chi connectivity index (χ0v) is 17.3. The van der Waals surface area contributed by atoms with Gasteiger partial charge >= 0.3 is 0 Å². The van der Waals surface area contributed by atoms with Crippen LogP contribution >= 0.6 is 0 Å². The van der Waals surface area contributed by atoms with Gasteiger partial charge in [0.1, 0.15) is 11.6 Å². The number of hydrogen-bond acceptors (Lipinski definition) is 7. The predicted octanol–water partition coefficient (Wildman–Crippen LogP) is 2.21. The number of benzene rings is 1. The van der Waals surface area contributed by atoms with Crippen LogP contribution in [0.15, 0.2) is 36.5 Å². The summed E-state index contributed by atoms with van der Waals surface area (Å²) in [6, 6.07) is 10.0. The second-order valence-electron chi connectivity index (χ2n) is 7.76. The van der Waals surface area contributed by atoms with E-state index in [-0.39, 0.29) is 6.61 Å². The van der Waals surface area contributed by atoms with Gasteiger partial charge in [-0.15, -0.1) is 0 Å². The molecule has 29 heavy (non-hydrogen) atoms. The maximum Gasteiger partial charge on any atom is 0.132 e. The fraction of sp³-hybridized carbons (Fsp3) is 0.409. The summed E-state index contributed by atoms with van der Waals surface area (Å²) in [5.41, 5.74) is 3.78. The molecule has 0 radical (unpaired) electrons. The van der Waals surface area contributed by atoms with Crippen LogP contribution in [0.25, 0.3) is 10.9 Å². The molecule has 0 spiro atoms. The van der Waals surface area contributed by atoms with E-state index in [9.17, 15) is 5.11 Å². The highest BCUT2D eigenvalue weighted by Gasteiger charge is 2.17. The molecule has 1 aliphatic heterocycles.